The molecule has 1 heterocycles. The molecule has 1 aromatic carbocycles. The lowest BCUT2D eigenvalue weighted by Gasteiger charge is -2.20. The molecule has 0 spiro atoms. The Bertz CT molecular complexity index is 568. The number of aromatic nitrogens is 1. The minimum atomic E-state index is 0.116. The number of thiazole rings is 1. The van der Waals surface area contributed by atoms with Gasteiger partial charge >= 0.3 is 0 Å². The van der Waals surface area contributed by atoms with E-state index in [4.69, 9.17) is 23.2 Å². The smallest absolute Gasteiger partial charge is 0.109 e. The Morgan fingerprint density at radius 1 is 1.21 bits per heavy atom. The summed E-state index contributed by atoms with van der Waals surface area (Å²) < 4.78 is 0. The maximum atomic E-state index is 6.21. The summed E-state index contributed by atoms with van der Waals surface area (Å²) in [5.41, 5.74) is 1.01. The van der Waals surface area contributed by atoms with Crippen molar-refractivity contribution in [3.63, 3.8) is 0 Å². The number of nitrogens with one attached hydrogen (secondary N) is 1. The van der Waals surface area contributed by atoms with Gasteiger partial charge in [0.15, 0.2) is 0 Å². The lowest BCUT2D eigenvalue weighted by molar-refractivity contribution is 0.493. The molecular formula is C14H16Cl2N2S. The molecule has 19 heavy (non-hydrogen) atoms. The van der Waals surface area contributed by atoms with Crippen LogP contribution in [-0.2, 0) is 0 Å². The number of nitrogens with zero attached hydrogens (tertiary/aromatic N) is 1. The molecule has 0 saturated carbocycles. The van der Waals surface area contributed by atoms with Crippen LogP contribution in [0.1, 0.15) is 41.4 Å². The molecule has 102 valence electrons. The number of benzene rings is 1. The second kappa shape index (κ2) is 6.23. The topological polar surface area (TPSA) is 24.9 Å². The first-order valence-corrected chi connectivity index (χ1v) is 7.68. The van der Waals surface area contributed by atoms with Crippen LogP contribution in [0.15, 0.2) is 24.4 Å². The van der Waals surface area contributed by atoms with Crippen LogP contribution in [0.2, 0.25) is 10.0 Å². The molecule has 0 fully saturated rings. The van der Waals surface area contributed by atoms with Gasteiger partial charge in [-0.3, -0.25) is 0 Å². The second-order valence-electron chi connectivity index (χ2n) is 4.59. The van der Waals surface area contributed by atoms with Gasteiger partial charge in [-0.05, 0) is 44.5 Å². The van der Waals surface area contributed by atoms with E-state index in [0.717, 1.165) is 15.6 Å². The van der Waals surface area contributed by atoms with Gasteiger partial charge in [-0.1, -0.05) is 23.2 Å². The monoisotopic (exact) mass is 314 g/mol. The molecule has 0 bridgehead atoms. The van der Waals surface area contributed by atoms with Gasteiger partial charge in [-0.15, -0.1) is 11.3 Å². The standard InChI is InChI=1S/C14H16Cl2N2S/c1-8-7-17-14(19-8)10(3)18-9(2)12-6-11(15)4-5-13(12)16/h4-7,9-10,18H,1-3H3. The summed E-state index contributed by atoms with van der Waals surface area (Å²) in [5.74, 6) is 0. The first-order chi connectivity index (χ1) is 8.97. The molecule has 2 nitrogen and oxygen atoms in total. The molecule has 2 atom stereocenters. The van der Waals surface area contributed by atoms with E-state index >= 15 is 0 Å². The Morgan fingerprint density at radius 2 is 1.95 bits per heavy atom. The average molecular weight is 315 g/mol. The summed E-state index contributed by atoms with van der Waals surface area (Å²) >= 11 is 13.9. The van der Waals surface area contributed by atoms with Crippen molar-refractivity contribution in [2.45, 2.75) is 32.9 Å². The Balaban J connectivity index is 2.12. The highest BCUT2D eigenvalue weighted by Gasteiger charge is 2.16. The molecule has 0 aliphatic rings. The van der Waals surface area contributed by atoms with E-state index in [9.17, 15) is 0 Å². The summed E-state index contributed by atoms with van der Waals surface area (Å²) in [7, 11) is 0. The molecule has 0 saturated heterocycles. The van der Waals surface area contributed by atoms with Crippen molar-refractivity contribution in [1.29, 1.82) is 0 Å². The molecule has 0 aliphatic carbocycles. The fourth-order valence-electron chi connectivity index (χ4n) is 1.95. The minimum Gasteiger partial charge on any atom is -0.301 e. The average Bonchev–Trinajstić information content (AvgIpc) is 2.79. The molecule has 0 amide bonds. The summed E-state index contributed by atoms with van der Waals surface area (Å²) in [6, 6.07) is 5.83. The van der Waals surface area contributed by atoms with Crippen LogP contribution in [0.5, 0.6) is 0 Å². The largest absolute Gasteiger partial charge is 0.301 e. The van der Waals surface area contributed by atoms with E-state index in [0.29, 0.717) is 5.02 Å². The van der Waals surface area contributed by atoms with Crippen molar-refractivity contribution in [2.75, 3.05) is 0 Å². The van der Waals surface area contributed by atoms with Gasteiger partial charge in [0.25, 0.3) is 0 Å². The van der Waals surface area contributed by atoms with E-state index < -0.39 is 0 Å². The predicted molar refractivity (Wildman–Crippen MR) is 83.3 cm³/mol. The summed E-state index contributed by atoms with van der Waals surface area (Å²) in [6.45, 7) is 6.24. The maximum Gasteiger partial charge on any atom is 0.109 e. The van der Waals surface area contributed by atoms with Gasteiger partial charge in [0.2, 0.25) is 0 Å². The van der Waals surface area contributed by atoms with Crippen molar-refractivity contribution in [3.05, 3.63) is 49.9 Å². The van der Waals surface area contributed by atoms with Crippen LogP contribution >= 0.6 is 34.5 Å². The fourth-order valence-corrected chi connectivity index (χ4v) is 3.20. The Morgan fingerprint density at radius 3 is 2.58 bits per heavy atom. The number of rotatable bonds is 4. The SMILES string of the molecule is Cc1cnc(C(C)NC(C)c2cc(Cl)ccc2Cl)s1. The normalized spacial score (nSPS) is 14.4. The lowest BCUT2D eigenvalue weighted by Crippen LogP contribution is -2.22. The van der Waals surface area contributed by atoms with Gasteiger partial charge in [0, 0.05) is 27.2 Å². The van der Waals surface area contributed by atoms with Crippen molar-refractivity contribution in [3.8, 4) is 0 Å². The van der Waals surface area contributed by atoms with E-state index in [2.05, 4.69) is 31.1 Å². The Kier molecular flexibility index (Phi) is 4.85. The highest BCUT2D eigenvalue weighted by Crippen LogP contribution is 2.28. The van der Waals surface area contributed by atoms with Crippen LogP contribution in [0.25, 0.3) is 0 Å². The Labute approximate surface area is 127 Å². The zero-order chi connectivity index (χ0) is 14.0. The second-order valence-corrected chi connectivity index (χ2v) is 6.70. The van der Waals surface area contributed by atoms with Crippen LogP contribution < -0.4 is 5.32 Å². The third-order valence-electron chi connectivity index (χ3n) is 2.93. The lowest BCUT2D eigenvalue weighted by atomic mass is 10.1. The third-order valence-corrected chi connectivity index (χ3v) is 4.61. The van der Waals surface area contributed by atoms with Gasteiger partial charge in [0.05, 0.1) is 6.04 Å². The fraction of sp³-hybridized carbons (Fsp3) is 0.357. The first-order valence-electron chi connectivity index (χ1n) is 6.10. The quantitative estimate of drug-likeness (QED) is 0.842. The van der Waals surface area contributed by atoms with Crippen LogP contribution in [0.4, 0.5) is 0 Å². The van der Waals surface area contributed by atoms with E-state index in [-0.39, 0.29) is 12.1 Å². The van der Waals surface area contributed by atoms with Crippen LogP contribution in [0, 0.1) is 6.92 Å². The number of aryl methyl sites for hydroxylation is 1. The van der Waals surface area contributed by atoms with Crippen LogP contribution in [-0.4, -0.2) is 4.98 Å². The molecule has 1 N–H and O–H groups in total. The third kappa shape index (κ3) is 3.69. The molecule has 5 heteroatoms. The van der Waals surface area contributed by atoms with Gasteiger partial charge in [0.1, 0.15) is 5.01 Å². The van der Waals surface area contributed by atoms with E-state index in [1.165, 1.54) is 4.88 Å². The summed E-state index contributed by atoms with van der Waals surface area (Å²) in [4.78, 5) is 5.62. The molecule has 2 unspecified atom stereocenters. The van der Waals surface area contributed by atoms with Gasteiger partial charge in [-0.2, -0.15) is 0 Å². The molecule has 2 rings (SSSR count). The first kappa shape index (κ1) is 14.8. The van der Waals surface area contributed by atoms with Crippen molar-refractivity contribution < 1.29 is 0 Å². The van der Waals surface area contributed by atoms with Gasteiger partial charge < -0.3 is 5.32 Å². The zero-order valence-corrected chi connectivity index (χ0v) is 13.4. The van der Waals surface area contributed by atoms with E-state index in [1.54, 1.807) is 17.4 Å². The van der Waals surface area contributed by atoms with Crippen molar-refractivity contribution in [2.24, 2.45) is 0 Å². The summed E-state index contributed by atoms with van der Waals surface area (Å²) in [5, 5.41) is 6.01. The zero-order valence-electron chi connectivity index (χ0n) is 11.1. The van der Waals surface area contributed by atoms with Crippen LogP contribution in [0.3, 0.4) is 0 Å². The number of hydrogen-bond acceptors (Lipinski definition) is 3. The van der Waals surface area contributed by atoms with E-state index in [1.807, 2.05) is 18.3 Å². The van der Waals surface area contributed by atoms with Gasteiger partial charge in [-0.25, -0.2) is 4.98 Å². The highest BCUT2D eigenvalue weighted by molar-refractivity contribution is 7.11. The highest BCUT2D eigenvalue weighted by atomic mass is 35.5. The van der Waals surface area contributed by atoms with Crippen molar-refractivity contribution in [1.82, 2.24) is 10.3 Å². The van der Waals surface area contributed by atoms with Crippen molar-refractivity contribution >= 4 is 34.5 Å². The molecule has 0 aliphatic heterocycles. The maximum absolute atomic E-state index is 6.21. The predicted octanol–water partition coefficient (Wildman–Crippen LogP) is 5.17. The molecule has 2 aromatic rings. The molecule has 0 radical (unpaired) electrons. The molecular weight excluding hydrogens is 299 g/mol. The minimum absolute atomic E-state index is 0.116. The number of halogens is 2. The Hall–Kier alpha value is -0.610. The number of hydrogen-bond donors (Lipinski definition) is 1. The summed E-state index contributed by atoms with van der Waals surface area (Å²) in [6.07, 6.45) is 1.90. The molecule has 1 aromatic heterocycles.